The van der Waals surface area contributed by atoms with Gasteiger partial charge in [-0.1, -0.05) is 24.3 Å². The fourth-order valence-electron chi connectivity index (χ4n) is 2.21. The maximum absolute atomic E-state index is 11.5. The molecule has 16 heavy (non-hydrogen) atoms. The molecule has 2 rings (SSSR count). The molecule has 84 valence electrons. The molecule has 2 amide bonds. The van der Waals surface area contributed by atoms with Gasteiger partial charge in [-0.2, -0.15) is 0 Å². The predicted molar refractivity (Wildman–Crippen MR) is 59.5 cm³/mol. The first-order valence-corrected chi connectivity index (χ1v) is 5.25. The summed E-state index contributed by atoms with van der Waals surface area (Å²) in [5.74, 6) is -0.583. The van der Waals surface area contributed by atoms with Crippen LogP contribution in [-0.4, -0.2) is 23.3 Å². The van der Waals surface area contributed by atoms with Crippen molar-refractivity contribution in [2.45, 2.75) is 19.4 Å². The van der Waals surface area contributed by atoms with Gasteiger partial charge in [-0.3, -0.25) is 9.59 Å². The highest BCUT2D eigenvalue weighted by Gasteiger charge is 2.32. The topological polar surface area (TPSA) is 63.4 Å². The number of amides is 2. The van der Waals surface area contributed by atoms with Gasteiger partial charge in [0.1, 0.15) is 6.04 Å². The molecule has 0 saturated heterocycles. The highest BCUT2D eigenvalue weighted by Crippen LogP contribution is 2.29. The van der Waals surface area contributed by atoms with E-state index in [9.17, 15) is 9.59 Å². The van der Waals surface area contributed by atoms with Gasteiger partial charge in [0.25, 0.3) is 0 Å². The summed E-state index contributed by atoms with van der Waals surface area (Å²) >= 11 is 0. The number of hydrogen-bond acceptors (Lipinski definition) is 2. The Morgan fingerprint density at radius 3 is 2.69 bits per heavy atom. The summed E-state index contributed by atoms with van der Waals surface area (Å²) in [4.78, 5) is 24.4. The fraction of sp³-hybridized carbons (Fsp3) is 0.333. The Bertz CT molecular complexity index is 442. The minimum absolute atomic E-state index is 0.113. The zero-order chi connectivity index (χ0) is 11.7. The molecule has 1 unspecified atom stereocenters. The van der Waals surface area contributed by atoms with Crippen LogP contribution in [0.4, 0.5) is 0 Å². The molecule has 1 aliphatic rings. The van der Waals surface area contributed by atoms with E-state index < -0.39 is 11.9 Å². The Kier molecular flexibility index (Phi) is 2.64. The Morgan fingerprint density at radius 2 is 2.06 bits per heavy atom. The van der Waals surface area contributed by atoms with Crippen LogP contribution in [0.2, 0.25) is 0 Å². The van der Waals surface area contributed by atoms with Gasteiger partial charge >= 0.3 is 0 Å². The Hall–Kier alpha value is -1.84. The van der Waals surface area contributed by atoms with E-state index in [0.29, 0.717) is 6.54 Å². The second-order valence-electron chi connectivity index (χ2n) is 3.97. The number of hydrogen-bond donors (Lipinski definition) is 1. The van der Waals surface area contributed by atoms with E-state index >= 15 is 0 Å². The van der Waals surface area contributed by atoms with Crippen LogP contribution in [-0.2, 0) is 16.0 Å². The van der Waals surface area contributed by atoms with E-state index in [4.69, 9.17) is 5.73 Å². The summed E-state index contributed by atoms with van der Waals surface area (Å²) in [5.41, 5.74) is 7.34. The van der Waals surface area contributed by atoms with Crippen molar-refractivity contribution in [1.82, 2.24) is 4.90 Å². The molecule has 0 aromatic heterocycles. The van der Waals surface area contributed by atoms with Crippen LogP contribution in [0.25, 0.3) is 0 Å². The van der Waals surface area contributed by atoms with E-state index in [1.807, 2.05) is 24.3 Å². The van der Waals surface area contributed by atoms with E-state index in [2.05, 4.69) is 0 Å². The summed E-state index contributed by atoms with van der Waals surface area (Å²) < 4.78 is 0. The average molecular weight is 218 g/mol. The molecule has 1 aliphatic heterocycles. The molecule has 0 saturated carbocycles. The molecule has 1 aromatic carbocycles. The molecule has 2 N–H and O–H groups in total. The van der Waals surface area contributed by atoms with Gasteiger partial charge < -0.3 is 10.6 Å². The Morgan fingerprint density at radius 1 is 1.38 bits per heavy atom. The van der Waals surface area contributed by atoms with Crippen LogP contribution in [0, 0.1) is 0 Å². The van der Waals surface area contributed by atoms with Gasteiger partial charge in [0, 0.05) is 13.5 Å². The fourth-order valence-corrected chi connectivity index (χ4v) is 2.21. The zero-order valence-corrected chi connectivity index (χ0v) is 9.14. The minimum atomic E-state index is -0.609. The molecule has 4 nitrogen and oxygen atoms in total. The van der Waals surface area contributed by atoms with Crippen molar-refractivity contribution in [1.29, 1.82) is 0 Å². The second-order valence-corrected chi connectivity index (χ2v) is 3.97. The summed E-state index contributed by atoms with van der Waals surface area (Å²) in [6, 6.07) is 7.02. The number of carbonyl (C=O) groups excluding carboxylic acids is 2. The number of primary amides is 1. The largest absolute Gasteiger partial charge is 0.368 e. The quantitative estimate of drug-likeness (QED) is 0.751. The molecule has 4 heteroatoms. The molecule has 0 bridgehead atoms. The van der Waals surface area contributed by atoms with Crippen LogP contribution in [0.3, 0.4) is 0 Å². The Balaban J connectivity index is 2.47. The van der Waals surface area contributed by atoms with E-state index in [1.54, 1.807) is 0 Å². The zero-order valence-electron chi connectivity index (χ0n) is 9.14. The first-order valence-electron chi connectivity index (χ1n) is 5.25. The minimum Gasteiger partial charge on any atom is -0.368 e. The van der Waals surface area contributed by atoms with Crippen LogP contribution in [0.1, 0.15) is 24.1 Å². The van der Waals surface area contributed by atoms with E-state index in [1.165, 1.54) is 11.8 Å². The van der Waals surface area contributed by atoms with Gasteiger partial charge in [0.2, 0.25) is 11.8 Å². The smallest absolute Gasteiger partial charge is 0.244 e. The Labute approximate surface area is 94.0 Å². The first-order chi connectivity index (χ1) is 7.61. The lowest BCUT2D eigenvalue weighted by molar-refractivity contribution is -0.138. The molecule has 0 fully saturated rings. The SMILES string of the molecule is CC(=O)N1CCc2ccccc2C1C(N)=O. The van der Waals surface area contributed by atoms with Gasteiger partial charge in [-0.15, -0.1) is 0 Å². The third-order valence-corrected chi connectivity index (χ3v) is 2.96. The van der Waals surface area contributed by atoms with E-state index in [0.717, 1.165) is 17.5 Å². The summed E-state index contributed by atoms with van der Waals surface area (Å²) in [5, 5.41) is 0. The van der Waals surface area contributed by atoms with Gasteiger partial charge in [0.05, 0.1) is 0 Å². The summed E-state index contributed by atoms with van der Waals surface area (Å²) in [6.07, 6.45) is 0.777. The van der Waals surface area contributed by atoms with Crippen molar-refractivity contribution < 1.29 is 9.59 Å². The molecule has 0 aliphatic carbocycles. The van der Waals surface area contributed by atoms with Gasteiger partial charge in [-0.05, 0) is 17.5 Å². The first kappa shape index (κ1) is 10.7. The van der Waals surface area contributed by atoms with Crippen molar-refractivity contribution in [3.63, 3.8) is 0 Å². The third kappa shape index (κ3) is 1.66. The van der Waals surface area contributed by atoms with Crippen molar-refractivity contribution in [3.8, 4) is 0 Å². The van der Waals surface area contributed by atoms with Crippen molar-refractivity contribution in [2.75, 3.05) is 6.54 Å². The van der Waals surface area contributed by atoms with Gasteiger partial charge in [-0.25, -0.2) is 0 Å². The number of benzene rings is 1. The molecule has 1 aromatic rings. The summed E-state index contributed by atoms with van der Waals surface area (Å²) in [7, 11) is 0. The molecule has 1 heterocycles. The van der Waals surface area contributed by atoms with Gasteiger partial charge in [0.15, 0.2) is 0 Å². The highest BCUT2D eigenvalue weighted by atomic mass is 16.2. The second kappa shape index (κ2) is 3.96. The van der Waals surface area contributed by atoms with Crippen LogP contribution < -0.4 is 5.73 Å². The maximum atomic E-state index is 11.5. The monoisotopic (exact) mass is 218 g/mol. The lowest BCUT2D eigenvalue weighted by Crippen LogP contribution is -2.44. The number of fused-ring (bicyclic) bond motifs is 1. The summed E-state index contributed by atoms with van der Waals surface area (Å²) in [6.45, 7) is 2.02. The van der Waals surface area contributed by atoms with Crippen molar-refractivity contribution in [3.05, 3.63) is 35.4 Å². The molecule has 0 radical (unpaired) electrons. The molecule has 0 spiro atoms. The van der Waals surface area contributed by atoms with Crippen LogP contribution in [0.5, 0.6) is 0 Å². The van der Waals surface area contributed by atoms with Crippen molar-refractivity contribution in [2.24, 2.45) is 5.73 Å². The van der Waals surface area contributed by atoms with Crippen molar-refractivity contribution >= 4 is 11.8 Å². The third-order valence-electron chi connectivity index (χ3n) is 2.96. The lowest BCUT2D eigenvalue weighted by Gasteiger charge is -2.34. The molecular formula is C12H14N2O2. The number of carbonyl (C=O) groups is 2. The highest BCUT2D eigenvalue weighted by molar-refractivity contribution is 5.87. The van der Waals surface area contributed by atoms with Crippen LogP contribution in [0.15, 0.2) is 24.3 Å². The lowest BCUT2D eigenvalue weighted by atomic mass is 9.92. The normalized spacial score (nSPS) is 19.1. The molecule has 1 atom stereocenters. The van der Waals surface area contributed by atoms with E-state index in [-0.39, 0.29) is 5.91 Å². The average Bonchev–Trinajstić information content (AvgIpc) is 2.27. The molecular weight excluding hydrogens is 204 g/mol. The standard InChI is InChI=1S/C12H14N2O2/c1-8(15)14-7-6-9-4-2-3-5-10(9)11(14)12(13)16/h2-5,11H,6-7H2,1H3,(H2,13,16). The number of rotatable bonds is 1. The number of nitrogens with zero attached hydrogens (tertiary/aromatic N) is 1. The van der Waals surface area contributed by atoms with Crippen LogP contribution >= 0.6 is 0 Å². The number of nitrogens with two attached hydrogens (primary N) is 1. The maximum Gasteiger partial charge on any atom is 0.244 e. The predicted octanol–water partition coefficient (Wildman–Crippen LogP) is 0.618.